The molecule has 4 rings (SSSR count). The fourth-order valence-corrected chi connectivity index (χ4v) is 2.96. The summed E-state index contributed by atoms with van der Waals surface area (Å²) in [6, 6.07) is 8.05. The molecule has 0 bridgehead atoms. The van der Waals surface area contributed by atoms with Crippen LogP contribution in [0.3, 0.4) is 0 Å². The van der Waals surface area contributed by atoms with Crippen LogP contribution >= 0.6 is 0 Å². The van der Waals surface area contributed by atoms with Crippen molar-refractivity contribution in [3.63, 3.8) is 0 Å². The number of aromatic nitrogens is 2. The van der Waals surface area contributed by atoms with E-state index in [9.17, 15) is 4.79 Å². The van der Waals surface area contributed by atoms with Gasteiger partial charge in [-0.2, -0.15) is 0 Å². The van der Waals surface area contributed by atoms with Crippen LogP contribution in [0.2, 0.25) is 0 Å². The van der Waals surface area contributed by atoms with Gasteiger partial charge in [0, 0.05) is 24.6 Å². The highest BCUT2D eigenvalue weighted by atomic mass is 16.4. The highest BCUT2D eigenvalue weighted by Gasteiger charge is 2.38. The summed E-state index contributed by atoms with van der Waals surface area (Å²) in [5, 5.41) is 8.35. The molecular weight excluding hydrogens is 278 g/mol. The Kier molecular flexibility index (Phi) is 3.21. The predicted molar refractivity (Wildman–Crippen MR) is 81.1 cm³/mol. The number of hydrogen-bond donors (Lipinski definition) is 0. The molecule has 1 aliphatic heterocycles. The minimum absolute atomic E-state index is 0.175. The third kappa shape index (κ3) is 2.51. The monoisotopic (exact) mass is 297 g/mol. The van der Waals surface area contributed by atoms with Crippen LogP contribution in [0, 0.1) is 12.8 Å². The summed E-state index contributed by atoms with van der Waals surface area (Å²) >= 11 is 0. The van der Waals surface area contributed by atoms with Gasteiger partial charge in [-0.1, -0.05) is 17.7 Å². The van der Waals surface area contributed by atoms with Crippen molar-refractivity contribution in [3.05, 3.63) is 35.7 Å². The van der Waals surface area contributed by atoms with E-state index < -0.39 is 0 Å². The molecular formula is C17H19N3O2. The summed E-state index contributed by atoms with van der Waals surface area (Å²) in [7, 11) is 0. The minimum atomic E-state index is 0.175. The van der Waals surface area contributed by atoms with Crippen LogP contribution in [-0.2, 0) is 4.79 Å². The molecule has 1 aromatic carbocycles. The minimum Gasteiger partial charge on any atom is -0.420 e. The second-order valence-corrected chi connectivity index (χ2v) is 6.36. The number of amides is 1. The van der Waals surface area contributed by atoms with E-state index in [0.29, 0.717) is 24.2 Å². The Morgan fingerprint density at radius 1 is 1.18 bits per heavy atom. The van der Waals surface area contributed by atoms with E-state index in [-0.39, 0.29) is 11.8 Å². The highest BCUT2D eigenvalue weighted by molar-refractivity contribution is 5.81. The summed E-state index contributed by atoms with van der Waals surface area (Å²) in [4.78, 5) is 14.1. The van der Waals surface area contributed by atoms with Crippen molar-refractivity contribution >= 4 is 5.91 Å². The average Bonchev–Trinajstić information content (AvgIpc) is 3.06. The molecule has 0 radical (unpaired) electrons. The van der Waals surface area contributed by atoms with Gasteiger partial charge in [0.25, 0.3) is 0 Å². The zero-order valence-corrected chi connectivity index (χ0v) is 12.7. The van der Waals surface area contributed by atoms with Crippen molar-refractivity contribution in [3.8, 4) is 11.5 Å². The molecule has 0 N–H and O–H groups in total. The Labute approximate surface area is 129 Å². The number of nitrogens with zero attached hydrogens (tertiary/aromatic N) is 3. The van der Waals surface area contributed by atoms with Crippen molar-refractivity contribution in [1.29, 1.82) is 0 Å². The SMILES string of the molecule is Cc1ccc(-c2nnc([C@H]3CCN(C(=O)C4CC4)C3)o2)cc1. The first-order valence-corrected chi connectivity index (χ1v) is 7.90. The van der Waals surface area contributed by atoms with Crippen molar-refractivity contribution in [1.82, 2.24) is 15.1 Å². The Morgan fingerprint density at radius 2 is 1.95 bits per heavy atom. The Morgan fingerprint density at radius 3 is 2.68 bits per heavy atom. The molecule has 0 spiro atoms. The number of benzene rings is 1. The lowest BCUT2D eigenvalue weighted by Crippen LogP contribution is -2.29. The molecule has 22 heavy (non-hydrogen) atoms. The van der Waals surface area contributed by atoms with Gasteiger partial charge in [-0.3, -0.25) is 4.79 Å². The second kappa shape index (κ2) is 5.23. The van der Waals surface area contributed by atoms with Crippen LogP contribution in [0.4, 0.5) is 0 Å². The van der Waals surface area contributed by atoms with Gasteiger partial charge in [0.1, 0.15) is 0 Å². The first kappa shape index (κ1) is 13.5. The van der Waals surface area contributed by atoms with Gasteiger partial charge in [-0.15, -0.1) is 10.2 Å². The second-order valence-electron chi connectivity index (χ2n) is 6.36. The lowest BCUT2D eigenvalue weighted by Gasteiger charge is -2.14. The molecule has 5 heteroatoms. The van der Waals surface area contributed by atoms with E-state index in [1.54, 1.807) is 0 Å². The van der Waals surface area contributed by atoms with Gasteiger partial charge in [-0.05, 0) is 38.3 Å². The van der Waals surface area contributed by atoms with Crippen LogP contribution < -0.4 is 0 Å². The largest absolute Gasteiger partial charge is 0.420 e. The molecule has 2 heterocycles. The van der Waals surface area contributed by atoms with Crippen LogP contribution in [-0.4, -0.2) is 34.1 Å². The number of carbonyl (C=O) groups excluding carboxylic acids is 1. The Balaban J connectivity index is 1.47. The summed E-state index contributed by atoms with van der Waals surface area (Å²) in [6.07, 6.45) is 3.02. The van der Waals surface area contributed by atoms with Gasteiger partial charge in [0.2, 0.25) is 17.7 Å². The molecule has 2 aromatic rings. The summed E-state index contributed by atoms with van der Waals surface area (Å²) < 4.78 is 5.84. The van der Waals surface area contributed by atoms with Gasteiger partial charge in [0.15, 0.2) is 0 Å². The lowest BCUT2D eigenvalue weighted by molar-refractivity contribution is -0.131. The first-order chi connectivity index (χ1) is 10.7. The summed E-state index contributed by atoms with van der Waals surface area (Å²) in [5.74, 6) is 1.98. The third-order valence-corrected chi connectivity index (χ3v) is 4.51. The maximum atomic E-state index is 12.1. The lowest BCUT2D eigenvalue weighted by atomic mass is 10.1. The number of carbonyl (C=O) groups is 1. The molecule has 1 saturated carbocycles. The average molecular weight is 297 g/mol. The van der Waals surface area contributed by atoms with E-state index in [1.165, 1.54) is 5.56 Å². The number of rotatable bonds is 3. The first-order valence-electron chi connectivity index (χ1n) is 7.90. The van der Waals surface area contributed by atoms with Crippen LogP contribution in [0.25, 0.3) is 11.5 Å². The predicted octanol–water partition coefficient (Wildman–Crippen LogP) is 2.77. The van der Waals surface area contributed by atoms with Crippen LogP contribution in [0.5, 0.6) is 0 Å². The van der Waals surface area contributed by atoms with Gasteiger partial charge in [-0.25, -0.2) is 0 Å². The fourth-order valence-electron chi connectivity index (χ4n) is 2.96. The summed E-state index contributed by atoms with van der Waals surface area (Å²) in [6.45, 7) is 3.57. The van der Waals surface area contributed by atoms with E-state index >= 15 is 0 Å². The number of aryl methyl sites for hydroxylation is 1. The van der Waals surface area contributed by atoms with Crippen molar-refractivity contribution < 1.29 is 9.21 Å². The van der Waals surface area contributed by atoms with Crippen LogP contribution in [0.1, 0.15) is 36.6 Å². The molecule has 0 unspecified atom stereocenters. The zero-order chi connectivity index (χ0) is 15.1. The molecule has 114 valence electrons. The molecule has 2 fully saturated rings. The molecule has 1 aliphatic carbocycles. The zero-order valence-electron chi connectivity index (χ0n) is 12.7. The molecule has 5 nitrogen and oxygen atoms in total. The van der Waals surface area contributed by atoms with E-state index in [1.807, 2.05) is 36.1 Å². The highest BCUT2D eigenvalue weighted by Crippen LogP contribution is 2.35. The summed E-state index contributed by atoms with van der Waals surface area (Å²) in [5.41, 5.74) is 2.14. The van der Waals surface area contributed by atoms with Crippen LogP contribution in [0.15, 0.2) is 28.7 Å². The fraction of sp³-hybridized carbons (Fsp3) is 0.471. The van der Waals surface area contributed by atoms with Gasteiger partial charge in [0.05, 0.1) is 5.92 Å². The Bertz CT molecular complexity index is 688. The molecule has 1 amide bonds. The normalized spacial score (nSPS) is 21.3. The number of likely N-dealkylation sites (tertiary alicyclic amines) is 1. The Hall–Kier alpha value is -2.17. The molecule has 1 saturated heterocycles. The van der Waals surface area contributed by atoms with E-state index in [2.05, 4.69) is 10.2 Å². The van der Waals surface area contributed by atoms with Gasteiger partial charge >= 0.3 is 0 Å². The molecule has 2 aliphatic rings. The topological polar surface area (TPSA) is 59.2 Å². The quantitative estimate of drug-likeness (QED) is 0.874. The van der Waals surface area contributed by atoms with Gasteiger partial charge < -0.3 is 9.32 Å². The standard InChI is InChI=1S/C17H19N3O2/c1-11-2-4-12(5-3-11)15-18-19-16(22-15)14-8-9-20(10-14)17(21)13-6-7-13/h2-5,13-14H,6-10H2,1H3/t14-/m0/s1. The molecule has 1 atom stereocenters. The van der Waals surface area contributed by atoms with Crippen molar-refractivity contribution in [2.75, 3.05) is 13.1 Å². The smallest absolute Gasteiger partial charge is 0.247 e. The third-order valence-electron chi connectivity index (χ3n) is 4.51. The van der Waals surface area contributed by atoms with E-state index in [0.717, 1.165) is 31.4 Å². The maximum absolute atomic E-state index is 12.1. The maximum Gasteiger partial charge on any atom is 0.247 e. The molecule has 1 aromatic heterocycles. The van der Waals surface area contributed by atoms with E-state index in [4.69, 9.17) is 4.42 Å². The van der Waals surface area contributed by atoms with Crippen molar-refractivity contribution in [2.45, 2.75) is 32.1 Å². The number of hydrogen-bond acceptors (Lipinski definition) is 4. The van der Waals surface area contributed by atoms with Crippen molar-refractivity contribution in [2.24, 2.45) is 5.92 Å².